The zero-order chi connectivity index (χ0) is 22.8. The summed E-state index contributed by atoms with van der Waals surface area (Å²) in [6.07, 6.45) is 2.82. The van der Waals surface area contributed by atoms with E-state index >= 15 is 0 Å². The monoisotopic (exact) mass is 461 g/mol. The minimum absolute atomic E-state index is 0.222. The van der Waals surface area contributed by atoms with Crippen molar-refractivity contribution in [3.63, 3.8) is 0 Å². The predicted molar refractivity (Wildman–Crippen MR) is 130 cm³/mol. The second-order valence-electron chi connectivity index (χ2n) is 8.58. The molecule has 1 N–H and O–H groups in total. The van der Waals surface area contributed by atoms with E-state index in [9.17, 15) is 13.2 Å². The van der Waals surface area contributed by atoms with Crippen LogP contribution in [0.2, 0.25) is 0 Å². The van der Waals surface area contributed by atoms with Crippen molar-refractivity contribution in [3.05, 3.63) is 89.5 Å². The summed E-state index contributed by atoms with van der Waals surface area (Å²) in [4.78, 5) is 15.3. The molecule has 0 unspecified atom stereocenters. The number of amides is 1. The lowest BCUT2D eigenvalue weighted by Crippen LogP contribution is -2.30. The van der Waals surface area contributed by atoms with Gasteiger partial charge in [0.1, 0.15) is 0 Å². The Morgan fingerprint density at radius 2 is 1.45 bits per heavy atom. The standard InChI is InChI=1S/C26H27N3O3S/c30-26(27-23-9-13-25(14-10-23)33(31,32)29-16-3-4-17-29)21-7-11-24(12-8-21)28-18-15-20-5-1-2-6-22(20)19-28/h1-2,5-14H,3-4,15-19H2,(H,27,30). The van der Waals surface area contributed by atoms with Gasteiger partial charge < -0.3 is 10.2 Å². The fraction of sp³-hybridized carbons (Fsp3) is 0.269. The van der Waals surface area contributed by atoms with Gasteiger partial charge in [0.25, 0.3) is 5.91 Å². The molecule has 2 heterocycles. The maximum Gasteiger partial charge on any atom is 0.255 e. The zero-order valence-electron chi connectivity index (χ0n) is 18.4. The molecule has 0 atom stereocenters. The fourth-order valence-electron chi connectivity index (χ4n) is 4.53. The lowest BCUT2D eigenvalue weighted by atomic mass is 9.99. The van der Waals surface area contributed by atoms with Crippen LogP contribution in [0.4, 0.5) is 11.4 Å². The Morgan fingerprint density at radius 3 is 2.15 bits per heavy atom. The molecule has 7 heteroatoms. The highest BCUT2D eigenvalue weighted by Crippen LogP contribution is 2.25. The van der Waals surface area contributed by atoms with Crippen LogP contribution >= 0.6 is 0 Å². The summed E-state index contributed by atoms with van der Waals surface area (Å²) in [5.74, 6) is -0.222. The molecular weight excluding hydrogens is 434 g/mol. The third kappa shape index (κ3) is 4.51. The van der Waals surface area contributed by atoms with E-state index in [0.29, 0.717) is 24.3 Å². The molecule has 2 aliphatic rings. The van der Waals surface area contributed by atoms with Gasteiger partial charge in [0, 0.05) is 43.1 Å². The van der Waals surface area contributed by atoms with E-state index in [0.717, 1.165) is 38.0 Å². The molecule has 0 aromatic heterocycles. The largest absolute Gasteiger partial charge is 0.367 e. The second-order valence-corrected chi connectivity index (χ2v) is 10.5. The normalized spacial score (nSPS) is 16.4. The molecule has 0 saturated carbocycles. The third-order valence-electron chi connectivity index (χ3n) is 6.44. The van der Waals surface area contributed by atoms with Crippen LogP contribution in [-0.2, 0) is 23.0 Å². The molecule has 3 aromatic carbocycles. The van der Waals surface area contributed by atoms with Crippen molar-refractivity contribution in [1.29, 1.82) is 0 Å². The molecule has 170 valence electrons. The third-order valence-corrected chi connectivity index (χ3v) is 8.35. The van der Waals surface area contributed by atoms with E-state index in [-0.39, 0.29) is 10.8 Å². The summed E-state index contributed by atoms with van der Waals surface area (Å²) < 4.78 is 26.8. The molecule has 1 fully saturated rings. The number of nitrogens with one attached hydrogen (secondary N) is 1. The lowest BCUT2D eigenvalue weighted by molar-refractivity contribution is 0.102. The van der Waals surface area contributed by atoms with Crippen LogP contribution in [0, 0.1) is 0 Å². The minimum atomic E-state index is -3.45. The molecule has 1 saturated heterocycles. The molecule has 0 aliphatic carbocycles. The molecule has 6 nitrogen and oxygen atoms in total. The number of fused-ring (bicyclic) bond motifs is 1. The minimum Gasteiger partial charge on any atom is -0.367 e. The molecule has 1 amide bonds. The van der Waals surface area contributed by atoms with Gasteiger partial charge in [-0.1, -0.05) is 24.3 Å². The summed E-state index contributed by atoms with van der Waals surface area (Å²) in [6.45, 7) is 2.96. The highest BCUT2D eigenvalue weighted by molar-refractivity contribution is 7.89. The fourth-order valence-corrected chi connectivity index (χ4v) is 6.05. The summed E-state index contributed by atoms with van der Waals surface area (Å²) in [5, 5.41) is 2.86. The first kappa shape index (κ1) is 21.7. The SMILES string of the molecule is O=C(Nc1ccc(S(=O)(=O)N2CCCC2)cc1)c1ccc(N2CCc3ccccc3C2)cc1. The molecule has 2 aliphatic heterocycles. The summed E-state index contributed by atoms with van der Waals surface area (Å²) >= 11 is 0. The van der Waals surface area contributed by atoms with Crippen molar-refractivity contribution >= 4 is 27.3 Å². The topological polar surface area (TPSA) is 69.7 Å². The number of benzene rings is 3. The molecule has 33 heavy (non-hydrogen) atoms. The van der Waals surface area contributed by atoms with E-state index in [1.165, 1.54) is 15.4 Å². The van der Waals surface area contributed by atoms with Gasteiger partial charge in [-0.25, -0.2) is 8.42 Å². The van der Waals surface area contributed by atoms with Gasteiger partial charge in [-0.15, -0.1) is 0 Å². The van der Waals surface area contributed by atoms with Gasteiger partial charge in [0.2, 0.25) is 10.0 Å². The Labute approximate surface area is 194 Å². The van der Waals surface area contributed by atoms with Gasteiger partial charge in [-0.3, -0.25) is 4.79 Å². The van der Waals surface area contributed by atoms with Crippen LogP contribution in [0.1, 0.15) is 34.3 Å². The molecule has 0 radical (unpaired) electrons. The molecule has 0 bridgehead atoms. The number of hydrogen-bond acceptors (Lipinski definition) is 4. The van der Waals surface area contributed by atoms with E-state index in [4.69, 9.17) is 0 Å². The molecular formula is C26H27N3O3S. The average molecular weight is 462 g/mol. The Hall–Kier alpha value is -3.16. The van der Waals surface area contributed by atoms with Crippen molar-refractivity contribution in [1.82, 2.24) is 4.31 Å². The number of hydrogen-bond donors (Lipinski definition) is 1. The van der Waals surface area contributed by atoms with Crippen LogP contribution in [-0.4, -0.2) is 38.3 Å². The lowest BCUT2D eigenvalue weighted by Gasteiger charge is -2.30. The first-order chi connectivity index (χ1) is 16.0. The van der Waals surface area contributed by atoms with Crippen molar-refractivity contribution in [2.45, 2.75) is 30.7 Å². The smallest absolute Gasteiger partial charge is 0.255 e. The maximum absolute atomic E-state index is 12.7. The van der Waals surface area contributed by atoms with Gasteiger partial charge in [-0.05, 0) is 78.9 Å². The highest BCUT2D eigenvalue weighted by atomic mass is 32.2. The van der Waals surface area contributed by atoms with E-state index < -0.39 is 10.0 Å². The Balaban J connectivity index is 1.23. The van der Waals surface area contributed by atoms with Crippen molar-refractivity contribution in [2.75, 3.05) is 29.9 Å². The van der Waals surface area contributed by atoms with Crippen molar-refractivity contribution in [3.8, 4) is 0 Å². The molecule has 5 rings (SSSR count). The van der Waals surface area contributed by atoms with E-state index in [1.54, 1.807) is 24.3 Å². The Bertz CT molecular complexity index is 1250. The number of nitrogens with zero attached hydrogens (tertiary/aromatic N) is 2. The summed E-state index contributed by atoms with van der Waals surface area (Å²) in [6, 6.07) is 22.5. The van der Waals surface area contributed by atoms with E-state index in [1.807, 2.05) is 24.3 Å². The van der Waals surface area contributed by atoms with Crippen LogP contribution in [0.5, 0.6) is 0 Å². The van der Waals surface area contributed by atoms with Crippen LogP contribution < -0.4 is 10.2 Å². The highest BCUT2D eigenvalue weighted by Gasteiger charge is 2.27. The Morgan fingerprint density at radius 1 is 0.788 bits per heavy atom. The quantitative estimate of drug-likeness (QED) is 0.616. The maximum atomic E-state index is 12.7. The van der Waals surface area contributed by atoms with Gasteiger partial charge >= 0.3 is 0 Å². The predicted octanol–water partition coefficient (Wildman–Crippen LogP) is 4.29. The average Bonchev–Trinajstić information content (AvgIpc) is 3.40. The number of carbonyl (C=O) groups excluding carboxylic acids is 1. The molecule has 0 spiro atoms. The summed E-state index contributed by atoms with van der Waals surface area (Å²) in [5.41, 5.74) is 4.98. The zero-order valence-corrected chi connectivity index (χ0v) is 19.2. The number of rotatable bonds is 5. The summed E-state index contributed by atoms with van der Waals surface area (Å²) in [7, 11) is -3.45. The molecule has 3 aromatic rings. The van der Waals surface area contributed by atoms with Crippen molar-refractivity contribution < 1.29 is 13.2 Å². The number of sulfonamides is 1. The van der Waals surface area contributed by atoms with Gasteiger partial charge in [-0.2, -0.15) is 4.31 Å². The first-order valence-corrected chi connectivity index (χ1v) is 12.8. The second kappa shape index (κ2) is 9.00. The van der Waals surface area contributed by atoms with Crippen LogP contribution in [0.3, 0.4) is 0 Å². The Kier molecular flexibility index (Phi) is 5.91. The van der Waals surface area contributed by atoms with Crippen molar-refractivity contribution in [2.24, 2.45) is 0 Å². The number of anilines is 2. The van der Waals surface area contributed by atoms with Gasteiger partial charge in [0.15, 0.2) is 0 Å². The van der Waals surface area contributed by atoms with Gasteiger partial charge in [0.05, 0.1) is 4.90 Å². The van der Waals surface area contributed by atoms with Crippen LogP contribution in [0.15, 0.2) is 77.7 Å². The van der Waals surface area contributed by atoms with Crippen LogP contribution in [0.25, 0.3) is 0 Å². The first-order valence-electron chi connectivity index (χ1n) is 11.3. The number of carbonyl (C=O) groups is 1. The van der Waals surface area contributed by atoms with E-state index in [2.05, 4.69) is 34.5 Å².